The first-order valence-electron chi connectivity index (χ1n) is 10.3. The molecule has 1 aromatic carbocycles. The number of hydrogen-bond donors (Lipinski definition) is 1. The van der Waals surface area contributed by atoms with Gasteiger partial charge in [0.25, 0.3) is 0 Å². The average Bonchev–Trinajstić information content (AvgIpc) is 2.73. The van der Waals surface area contributed by atoms with Crippen LogP contribution in [-0.4, -0.2) is 38.3 Å². The average molecular weight is 418 g/mol. The van der Waals surface area contributed by atoms with Gasteiger partial charge in [0.1, 0.15) is 24.7 Å². The molecular weight excluding hydrogens is 391 g/mol. The van der Waals surface area contributed by atoms with Crippen LogP contribution in [0.4, 0.5) is 10.1 Å². The highest BCUT2D eigenvalue weighted by atomic mass is 19.1. The van der Waals surface area contributed by atoms with Gasteiger partial charge in [0, 0.05) is 6.07 Å². The van der Waals surface area contributed by atoms with Crippen molar-refractivity contribution >= 4 is 11.7 Å². The van der Waals surface area contributed by atoms with E-state index in [9.17, 15) is 19.1 Å². The normalized spacial score (nSPS) is 15.7. The van der Waals surface area contributed by atoms with Gasteiger partial charge in [0.15, 0.2) is 5.76 Å². The number of ether oxygens (including phenoxy) is 1. The summed E-state index contributed by atoms with van der Waals surface area (Å²) in [7, 11) is 0. The fraction of sp³-hybridized carbons (Fsp3) is 0.455. The molecule has 0 aliphatic carbocycles. The van der Waals surface area contributed by atoms with Crippen LogP contribution < -0.4 is 25.1 Å². The van der Waals surface area contributed by atoms with Crippen molar-refractivity contribution in [3.63, 3.8) is 0 Å². The van der Waals surface area contributed by atoms with E-state index in [4.69, 9.17) is 9.15 Å². The van der Waals surface area contributed by atoms with Gasteiger partial charge in [-0.15, -0.1) is 0 Å². The number of halogens is 1. The molecule has 1 N–H and O–H groups in total. The van der Waals surface area contributed by atoms with Gasteiger partial charge in [-0.2, -0.15) is 0 Å². The molecule has 0 radical (unpaired) electrons. The Hall–Kier alpha value is -2.87. The van der Waals surface area contributed by atoms with Crippen molar-refractivity contribution in [3.8, 4) is 5.75 Å². The monoisotopic (exact) mass is 418 g/mol. The van der Waals surface area contributed by atoms with Gasteiger partial charge in [-0.25, -0.2) is 4.39 Å². The number of nitrogens with zero attached hydrogens (tertiary/aromatic N) is 1. The van der Waals surface area contributed by atoms with Crippen molar-refractivity contribution in [1.82, 2.24) is 0 Å². The molecule has 2 aromatic rings. The zero-order valence-electron chi connectivity index (χ0n) is 17.1. The number of aliphatic carboxylic acids is 1. The van der Waals surface area contributed by atoms with Crippen LogP contribution in [0.1, 0.15) is 31.9 Å². The number of quaternary nitrogens is 1. The molecule has 8 heteroatoms. The Labute approximate surface area is 174 Å². The number of benzene rings is 1. The van der Waals surface area contributed by atoms with Gasteiger partial charge in [-0.05, 0) is 25.0 Å². The molecule has 0 bridgehead atoms. The van der Waals surface area contributed by atoms with Gasteiger partial charge in [-0.1, -0.05) is 25.5 Å². The molecule has 30 heavy (non-hydrogen) atoms. The van der Waals surface area contributed by atoms with Gasteiger partial charge in [0.05, 0.1) is 37.8 Å². The number of piperazine rings is 1. The van der Waals surface area contributed by atoms with Crippen molar-refractivity contribution in [2.24, 2.45) is 0 Å². The van der Waals surface area contributed by atoms with E-state index in [2.05, 4.69) is 0 Å². The molecule has 0 spiro atoms. The van der Waals surface area contributed by atoms with Crippen LogP contribution in [0, 0.1) is 5.82 Å². The molecule has 0 unspecified atom stereocenters. The molecule has 7 nitrogen and oxygen atoms in total. The minimum atomic E-state index is -1.34. The Morgan fingerprint density at radius 2 is 2.07 bits per heavy atom. The summed E-state index contributed by atoms with van der Waals surface area (Å²) >= 11 is 0. The number of carboxylic acids is 1. The van der Waals surface area contributed by atoms with Crippen LogP contribution in [0.2, 0.25) is 0 Å². The summed E-state index contributed by atoms with van der Waals surface area (Å²) in [5, 5.41) is 11.2. The van der Waals surface area contributed by atoms with Crippen molar-refractivity contribution < 1.29 is 28.3 Å². The Balaban J connectivity index is 1.57. The molecule has 1 atom stereocenters. The fourth-order valence-corrected chi connectivity index (χ4v) is 3.58. The number of carbonyl (C=O) groups is 1. The Bertz CT molecular complexity index is 908. The first-order valence-corrected chi connectivity index (χ1v) is 10.3. The van der Waals surface area contributed by atoms with E-state index in [0.717, 1.165) is 19.5 Å². The van der Waals surface area contributed by atoms with Gasteiger partial charge in [0.2, 0.25) is 11.2 Å². The van der Waals surface area contributed by atoms with E-state index >= 15 is 0 Å². The van der Waals surface area contributed by atoms with Crippen LogP contribution in [0.25, 0.3) is 0 Å². The third kappa shape index (κ3) is 5.60. The molecular formula is C22H27FN2O5. The lowest BCUT2D eigenvalue weighted by Crippen LogP contribution is -3.13. The number of nitrogens with one attached hydrogen (secondary N) is 1. The lowest BCUT2D eigenvalue weighted by Gasteiger charge is -2.33. The van der Waals surface area contributed by atoms with Crippen LogP contribution in [-0.2, 0) is 11.3 Å². The Morgan fingerprint density at radius 1 is 1.33 bits per heavy atom. The molecule has 0 amide bonds. The maximum absolute atomic E-state index is 14.0. The van der Waals surface area contributed by atoms with Crippen molar-refractivity contribution in [2.45, 2.75) is 38.8 Å². The Kier molecular flexibility index (Phi) is 7.46. The lowest BCUT2D eigenvalue weighted by molar-refractivity contribution is -0.915. The van der Waals surface area contributed by atoms with E-state index in [-0.39, 0.29) is 18.0 Å². The van der Waals surface area contributed by atoms with E-state index in [0.29, 0.717) is 37.5 Å². The van der Waals surface area contributed by atoms with E-state index in [1.165, 1.54) is 23.3 Å². The number of carbonyl (C=O) groups excluding carboxylic acids is 1. The smallest absolute Gasteiger partial charge is 0.227 e. The second-order valence-corrected chi connectivity index (χ2v) is 7.51. The maximum atomic E-state index is 14.0. The molecule has 162 valence electrons. The highest BCUT2D eigenvalue weighted by Gasteiger charge is 2.23. The van der Waals surface area contributed by atoms with Gasteiger partial charge >= 0.3 is 0 Å². The second-order valence-electron chi connectivity index (χ2n) is 7.51. The van der Waals surface area contributed by atoms with Gasteiger partial charge < -0.3 is 28.9 Å². The molecule has 1 aliphatic rings. The highest BCUT2D eigenvalue weighted by molar-refractivity contribution is 5.70. The summed E-state index contributed by atoms with van der Waals surface area (Å²) < 4.78 is 24.8. The predicted octanol–water partition coefficient (Wildman–Crippen LogP) is 0.372. The zero-order chi connectivity index (χ0) is 21.5. The largest absolute Gasteiger partial charge is 0.546 e. The molecule has 3 rings (SSSR count). The number of hydrogen-bond acceptors (Lipinski definition) is 6. The lowest BCUT2D eigenvalue weighted by atomic mass is 10.1. The van der Waals surface area contributed by atoms with E-state index in [1.807, 2.05) is 17.9 Å². The summed E-state index contributed by atoms with van der Waals surface area (Å²) in [6.07, 6.45) is 1.75. The SMILES string of the molecule is CCCC[C@H](Oc1coc(C[NH+]2CCN(c3ccccc3F)CC2)cc1=O)C(=O)[O-]. The second kappa shape index (κ2) is 10.2. The molecule has 2 heterocycles. The third-order valence-corrected chi connectivity index (χ3v) is 5.29. The summed E-state index contributed by atoms with van der Waals surface area (Å²) in [5.74, 6) is -1.19. The van der Waals surface area contributed by atoms with Crippen molar-refractivity contribution in [3.05, 3.63) is 58.4 Å². The number of unbranched alkanes of at least 4 members (excludes halogenated alkanes) is 1. The number of carboxylic acid groups (broad SMARTS) is 1. The topological polar surface area (TPSA) is 87.2 Å². The summed E-state index contributed by atoms with van der Waals surface area (Å²) in [6.45, 7) is 5.41. The van der Waals surface area contributed by atoms with Crippen LogP contribution >= 0.6 is 0 Å². The first kappa shape index (κ1) is 21.8. The molecule has 1 saturated heterocycles. The molecule has 1 aliphatic heterocycles. The number of para-hydroxylation sites is 1. The number of anilines is 1. The van der Waals surface area contributed by atoms with Crippen LogP contribution in [0.5, 0.6) is 5.75 Å². The van der Waals surface area contributed by atoms with E-state index in [1.54, 1.807) is 12.1 Å². The molecule has 1 fully saturated rings. The van der Waals surface area contributed by atoms with Crippen LogP contribution in [0.3, 0.4) is 0 Å². The van der Waals surface area contributed by atoms with Gasteiger partial charge in [-0.3, -0.25) is 4.79 Å². The predicted molar refractivity (Wildman–Crippen MR) is 107 cm³/mol. The highest BCUT2D eigenvalue weighted by Crippen LogP contribution is 2.18. The maximum Gasteiger partial charge on any atom is 0.227 e. The Morgan fingerprint density at radius 3 is 2.70 bits per heavy atom. The minimum absolute atomic E-state index is 0.122. The summed E-state index contributed by atoms with van der Waals surface area (Å²) in [4.78, 5) is 26.8. The fourth-order valence-electron chi connectivity index (χ4n) is 3.58. The number of rotatable bonds is 9. The standard InChI is InChI=1S/C22H27FN2O5/c1-2-3-8-20(22(27)28)30-21-15-29-16(13-19(21)26)14-24-9-11-25(12-10-24)18-7-5-4-6-17(18)23/h4-7,13,15,20H,2-3,8-12,14H2,1H3,(H,27,28)/t20-/m0/s1. The van der Waals surface area contributed by atoms with Crippen molar-refractivity contribution in [1.29, 1.82) is 0 Å². The molecule has 1 aromatic heterocycles. The summed E-state index contributed by atoms with van der Waals surface area (Å²) in [5.41, 5.74) is 0.193. The van der Waals surface area contributed by atoms with Crippen molar-refractivity contribution in [2.75, 3.05) is 31.1 Å². The first-order chi connectivity index (χ1) is 14.5. The third-order valence-electron chi connectivity index (χ3n) is 5.29. The van der Waals surface area contributed by atoms with Crippen LogP contribution in [0.15, 0.2) is 45.8 Å². The molecule has 0 saturated carbocycles. The zero-order valence-corrected chi connectivity index (χ0v) is 17.1. The quantitative estimate of drug-likeness (QED) is 0.633. The van der Waals surface area contributed by atoms with E-state index < -0.39 is 17.5 Å². The summed E-state index contributed by atoms with van der Waals surface area (Å²) in [6, 6.07) is 8.08. The minimum Gasteiger partial charge on any atom is -0.546 e.